The standard InChI is InChI=1S/C6H12N4O2S/c7-9-8-1-2-10-3-5-13(11,12)6-4-10/h1-6H2. The molecule has 0 atom stereocenters. The molecule has 0 aliphatic carbocycles. The Morgan fingerprint density at radius 1 is 1.38 bits per heavy atom. The Kier molecular flexibility index (Phi) is 3.53. The van der Waals surface area contributed by atoms with Gasteiger partial charge in [0.1, 0.15) is 0 Å². The highest BCUT2D eigenvalue weighted by atomic mass is 32.2. The molecule has 1 saturated heterocycles. The SMILES string of the molecule is [N-]=[N+]=NCCN1CCS(=O)(=O)CC1. The second-order valence-electron chi connectivity index (χ2n) is 2.95. The highest BCUT2D eigenvalue weighted by molar-refractivity contribution is 7.91. The summed E-state index contributed by atoms with van der Waals surface area (Å²) in [6, 6.07) is 0. The molecule has 0 spiro atoms. The van der Waals surface area contributed by atoms with Gasteiger partial charge in [0.25, 0.3) is 0 Å². The normalized spacial score (nSPS) is 22.2. The van der Waals surface area contributed by atoms with Crippen LogP contribution in [0.1, 0.15) is 0 Å². The van der Waals surface area contributed by atoms with E-state index < -0.39 is 9.84 Å². The van der Waals surface area contributed by atoms with E-state index in [1.165, 1.54) is 0 Å². The predicted octanol–water partition coefficient (Wildman–Crippen LogP) is 0.0271. The highest BCUT2D eigenvalue weighted by Gasteiger charge is 2.20. The summed E-state index contributed by atoms with van der Waals surface area (Å²) in [4.78, 5) is 4.62. The van der Waals surface area contributed by atoms with E-state index >= 15 is 0 Å². The Balaban J connectivity index is 2.29. The van der Waals surface area contributed by atoms with Gasteiger partial charge in [-0.2, -0.15) is 0 Å². The van der Waals surface area contributed by atoms with E-state index in [0.29, 0.717) is 26.2 Å². The Morgan fingerprint density at radius 2 is 2.00 bits per heavy atom. The van der Waals surface area contributed by atoms with Crippen LogP contribution in [0.2, 0.25) is 0 Å². The number of azide groups is 1. The maximum atomic E-state index is 11.0. The molecule has 0 saturated carbocycles. The monoisotopic (exact) mass is 204 g/mol. The Hall–Kier alpha value is -0.780. The zero-order valence-corrected chi connectivity index (χ0v) is 8.07. The van der Waals surface area contributed by atoms with Gasteiger partial charge >= 0.3 is 0 Å². The fourth-order valence-corrected chi connectivity index (χ4v) is 2.48. The second kappa shape index (κ2) is 4.45. The van der Waals surface area contributed by atoms with Gasteiger partial charge in [0, 0.05) is 31.1 Å². The van der Waals surface area contributed by atoms with Crippen molar-refractivity contribution < 1.29 is 8.42 Å². The fraction of sp³-hybridized carbons (Fsp3) is 1.00. The molecule has 0 aromatic carbocycles. The molecular weight excluding hydrogens is 192 g/mol. The average Bonchev–Trinajstić information content (AvgIpc) is 2.08. The molecule has 0 aromatic heterocycles. The van der Waals surface area contributed by atoms with Crippen molar-refractivity contribution in [1.82, 2.24) is 4.90 Å². The molecule has 0 amide bonds. The van der Waals surface area contributed by atoms with Gasteiger partial charge in [-0.15, -0.1) is 0 Å². The zero-order valence-electron chi connectivity index (χ0n) is 7.26. The number of rotatable bonds is 3. The summed E-state index contributed by atoms with van der Waals surface area (Å²) >= 11 is 0. The van der Waals surface area contributed by atoms with E-state index in [1.54, 1.807) is 0 Å². The molecule has 0 unspecified atom stereocenters. The summed E-state index contributed by atoms with van der Waals surface area (Å²) < 4.78 is 22.0. The predicted molar refractivity (Wildman–Crippen MR) is 49.1 cm³/mol. The number of hydrogen-bond acceptors (Lipinski definition) is 4. The van der Waals surface area contributed by atoms with E-state index in [2.05, 4.69) is 10.0 Å². The van der Waals surface area contributed by atoms with Gasteiger partial charge in [-0.1, -0.05) is 5.11 Å². The molecule has 0 aromatic rings. The number of sulfone groups is 1. The molecule has 6 nitrogen and oxygen atoms in total. The van der Waals surface area contributed by atoms with E-state index in [1.807, 2.05) is 4.90 Å². The molecule has 1 fully saturated rings. The molecule has 0 bridgehead atoms. The van der Waals surface area contributed by atoms with E-state index in [0.717, 1.165) is 0 Å². The molecule has 74 valence electrons. The van der Waals surface area contributed by atoms with Crippen LogP contribution in [-0.4, -0.2) is 51.0 Å². The second-order valence-corrected chi connectivity index (χ2v) is 5.25. The van der Waals surface area contributed by atoms with Crippen LogP contribution >= 0.6 is 0 Å². The van der Waals surface area contributed by atoms with Crippen LogP contribution in [0.15, 0.2) is 5.11 Å². The summed E-state index contributed by atoms with van der Waals surface area (Å²) in [7, 11) is -2.79. The lowest BCUT2D eigenvalue weighted by molar-refractivity contribution is 0.304. The molecule has 0 N–H and O–H groups in total. The van der Waals surface area contributed by atoms with Gasteiger partial charge in [0.2, 0.25) is 0 Å². The third-order valence-electron chi connectivity index (χ3n) is 2.02. The topological polar surface area (TPSA) is 86.1 Å². The van der Waals surface area contributed by atoms with Gasteiger partial charge < -0.3 is 4.90 Å². The minimum absolute atomic E-state index is 0.225. The van der Waals surface area contributed by atoms with Crippen molar-refractivity contribution in [3.8, 4) is 0 Å². The molecule has 13 heavy (non-hydrogen) atoms. The van der Waals surface area contributed by atoms with Crippen LogP contribution in [0, 0.1) is 0 Å². The summed E-state index contributed by atoms with van der Waals surface area (Å²) in [5.41, 5.74) is 8.02. The molecular formula is C6H12N4O2S. The lowest BCUT2D eigenvalue weighted by atomic mass is 10.4. The van der Waals surface area contributed by atoms with Crippen LogP contribution in [0.4, 0.5) is 0 Å². The largest absolute Gasteiger partial charge is 0.301 e. The minimum atomic E-state index is -2.79. The first kappa shape index (κ1) is 10.3. The van der Waals surface area contributed by atoms with Crippen molar-refractivity contribution in [2.45, 2.75) is 0 Å². The van der Waals surface area contributed by atoms with Crippen molar-refractivity contribution >= 4 is 9.84 Å². The van der Waals surface area contributed by atoms with Gasteiger partial charge in [-0.3, -0.25) is 0 Å². The first-order valence-corrected chi connectivity index (χ1v) is 5.90. The smallest absolute Gasteiger partial charge is 0.152 e. The maximum Gasteiger partial charge on any atom is 0.152 e. The van der Waals surface area contributed by atoms with E-state index in [9.17, 15) is 8.42 Å². The number of hydrogen-bond donors (Lipinski definition) is 0. The minimum Gasteiger partial charge on any atom is -0.301 e. The molecule has 1 heterocycles. The first-order chi connectivity index (χ1) is 6.14. The van der Waals surface area contributed by atoms with Gasteiger partial charge in [0.15, 0.2) is 9.84 Å². The third kappa shape index (κ3) is 3.63. The van der Waals surface area contributed by atoms with Crippen molar-refractivity contribution in [2.75, 3.05) is 37.7 Å². The van der Waals surface area contributed by atoms with Crippen LogP contribution < -0.4 is 0 Å². The summed E-state index contributed by atoms with van der Waals surface area (Å²) in [5.74, 6) is 0.451. The van der Waals surface area contributed by atoms with Crippen LogP contribution in [0.25, 0.3) is 10.4 Å². The summed E-state index contributed by atoms with van der Waals surface area (Å²) in [6.07, 6.45) is 0. The van der Waals surface area contributed by atoms with Crippen LogP contribution in [0.5, 0.6) is 0 Å². The van der Waals surface area contributed by atoms with Crippen LogP contribution in [0.3, 0.4) is 0 Å². The van der Waals surface area contributed by atoms with Crippen molar-refractivity contribution in [2.24, 2.45) is 5.11 Å². The molecule has 0 radical (unpaired) electrons. The van der Waals surface area contributed by atoms with Gasteiger partial charge in [-0.05, 0) is 5.53 Å². The third-order valence-corrected chi connectivity index (χ3v) is 3.63. The molecule has 7 heteroatoms. The average molecular weight is 204 g/mol. The quantitative estimate of drug-likeness (QED) is 0.369. The first-order valence-electron chi connectivity index (χ1n) is 4.08. The lowest BCUT2D eigenvalue weighted by Crippen LogP contribution is -2.41. The lowest BCUT2D eigenvalue weighted by Gasteiger charge is -2.25. The fourth-order valence-electron chi connectivity index (χ4n) is 1.20. The Labute approximate surface area is 77.1 Å². The van der Waals surface area contributed by atoms with Crippen molar-refractivity contribution in [3.05, 3.63) is 10.4 Å². The summed E-state index contributed by atoms with van der Waals surface area (Å²) in [6.45, 7) is 2.18. The maximum absolute atomic E-state index is 11.0. The number of nitrogens with zero attached hydrogens (tertiary/aromatic N) is 4. The van der Waals surface area contributed by atoms with Crippen LogP contribution in [-0.2, 0) is 9.84 Å². The summed E-state index contributed by atoms with van der Waals surface area (Å²) in [5, 5.41) is 3.39. The molecule has 1 rings (SSSR count). The van der Waals surface area contributed by atoms with Crippen molar-refractivity contribution in [3.63, 3.8) is 0 Å². The molecule has 1 aliphatic rings. The Bertz CT molecular complexity index is 293. The molecule has 1 aliphatic heterocycles. The van der Waals surface area contributed by atoms with E-state index in [4.69, 9.17) is 5.53 Å². The Morgan fingerprint density at radius 3 is 2.54 bits per heavy atom. The van der Waals surface area contributed by atoms with E-state index in [-0.39, 0.29) is 11.5 Å². The zero-order chi connectivity index (χ0) is 9.73. The van der Waals surface area contributed by atoms with Gasteiger partial charge in [-0.25, -0.2) is 8.42 Å². The highest BCUT2D eigenvalue weighted by Crippen LogP contribution is 2.02. The van der Waals surface area contributed by atoms with Gasteiger partial charge in [0.05, 0.1) is 11.5 Å². The van der Waals surface area contributed by atoms with Crippen molar-refractivity contribution in [1.29, 1.82) is 0 Å².